The number of hydrogen-bond acceptors (Lipinski definition) is 6. The van der Waals surface area contributed by atoms with Crippen molar-refractivity contribution in [2.45, 2.75) is 64.7 Å². The maximum atomic E-state index is 10.8. The highest BCUT2D eigenvalue weighted by Crippen LogP contribution is 2.32. The zero-order chi connectivity index (χ0) is 23.7. The third-order valence-electron chi connectivity index (χ3n) is 5.93. The van der Waals surface area contributed by atoms with Gasteiger partial charge in [0.25, 0.3) is 0 Å². The van der Waals surface area contributed by atoms with Crippen LogP contribution in [-0.4, -0.2) is 38.0 Å². The molecule has 2 aromatic rings. The third kappa shape index (κ3) is 9.93. The van der Waals surface area contributed by atoms with Crippen LogP contribution in [0.1, 0.15) is 74.2 Å². The predicted molar refractivity (Wildman–Crippen MR) is 134 cm³/mol. The first-order chi connectivity index (χ1) is 16.3. The fourth-order valence-corrected chi connectivity index (χ4v) is 4.22. The van der Waals surface area contributed by atoms with E-state index in [1.807, 2.05) is 13.0 Å². The number of carbonyl (C=O) groups is 1. The van der Waals surface area contributed by atoms with Crippen molar-refractivity contribution in [2.24, 2.45) is 11.7 Å². The Bertz CT molecular complexity index is 790. The van der Waals surface area contributed by atoms with E-state index < -0.39 is 0 Å². The molecule has 1 aliphatic rings. The average Bonchev–Trinajstić information content (AvgIpc) is 3.38. The lowest BCUT2D eigenvalue weighted by Gasteiger charge is -2.13. The summed E-state index contributed by atoms with van der Waals surface area (Å²) in [7, 11) is 1.50. The summed E-state index contributed by atoms with van der Waals surface area (Å²) in [5, 5.41) is 3.59. The van der Waals surface area contributed by atoms with Crippen LogP contribution in [0, 0.1) is 5.92 Å². The normalized spacial score (nSPS) is 13.3. The monoisotopic (exact) mass is 455 g/mol. The fourth-order valence-electron chi connectivity index (χ4n) is 4.22. The lowest BCUT2D eigenvalue weighted by Crippen LogP contribution is -2.17. The van der Waals surface area contributed by atoms with E-state index in [2.05, 4.69) is 28.2 Å². The highest BCUT2D eigenvalue weighted by Gasteiger charge is 2.13. The van der Waals surface area contributed by atoms with Crippen LogP contribution >= 0.6 is 0 Å². The number of aryl methyl sites for hydroxylation is 1. The second-order valence-corrected chi connectivity index (χ2v) is 8.36. The van der Waals surface area contributed by atoms with Crippen molar-refractivity contribution in [3.8, 4) is 17.4 Å². The maximum Gasteiger partial charge on any atom is 0.219 e. The number of ether oxygens (including phenoxy) is 2. The zero-order valence-electron chi connectivity index (χ0n) is 20.4. The Hall–Kier alpha value is -2.44. The number of unbranched alkanes of at least 4 members (excludes halogenated alkanes) is 1. The summed E-state index contributed by atoms with van der Waals surface area (Å²) < 4.78 is 11.7. The number of nitrogens with zero attached hydrogens (tertiary/aromatic N) is 1. The summed E-state index contributed by atoms with van der Waals surface area (Å²) in [4.78, 5) is 14.9. The summed E-state index contributed by atoms with van der Waals surface area (Å²) in [6.07, 6.45) is 14.3. The molecule has 1 aliphatic carbocycles. The molecule has 0 radical (unpaired) electrons. The van der Waals surface area contributed by atoms with Crippen molar-refractivity contribution in [3.63, 3.8) is 0 Å². The number of carbonyl (C=O) groups excluding carboxylic acids is 1. The molecule has 1 fully saturated rings. The third-order valence-corrected chi connectivity index (χ3v) is 5.93. The van der Waals surface area contributed by atoms with Crippen molar-refractivity contribution in [2.75, 3.05) is 26.7 Å². The van der Waals surface area contributed by atoms with Crippen molar-refractivity contribution in [1.82, 2.24) is 10.3 Å². The van der Waals surface area contributed by atoms with Crippen LogP contribution in [0.3, 0.4) is 0 Å². The summed E-state index contributed by atoms with van der Waals surface area (Å²) in [6, 6.07) is 9.45. The van der Waals surface area contributed by atoms with Gasteiger partial charge in [0.2, 0.25) is 5.88 Å². The molecular formula is C27H41N3O3. The van der Waals surface area contributed by atoms with Crippen LogP contribution in [0.2, 0.25) is 0 Å². The summed E-state index contributed by atoms with van der Waals surface area (Å²) in [5.74, 6) is 2.81. The van der Waals surface area contributed by atoms with Gasteiger partial charge < -0.3 is 20.5 Å². The molecule has 1 heterocycles. The molecule has 0 amide bonds. The molecule has 0 unspecified atom stereocenters. The second kappa shape index (κ2) is 16.2. The van der Waals surface area contributed by atoms with E-state index in [0.717, 1.165) is 43.9 Å². The van der Waals surface area contributed by atoms with Crippen LogP contribution in [0.5, 0.6) is 17.4 Å². The first-order valence-electron chi connectivity index (χ1n) is 12.4. The molecule has 1 saturated carbocycles. The van der Waals surface area contributed by atoms with Crippen LogP contribution in [0.4, 0.5) is 0 Å². The molecular weight excluding hydrogens is 414 g/mol. The van der Waals surface area contributed by atoms with Gasteiger partial charge >= 0.3 is 0 Å². The van der Waals surface area contributed by atoms with Crippen LogP contribution < -0.4 is 20.5 Å². The van der Waals surface area contributed by atoms with Crippen molar-refractivity contribution in [1.29, 1.82) is 0 Å². The van der Waals surface area contributed by atoms with Gasteiger partial charge in [0.1, 0.15) is 0 Å². The molecule has 1 aromatic heterocycles. The lowest BCUT2D eigenvalue weighted by molar-refractivity contribution is 0.112. The van der Waals surface area contributed by atoms with Gasteiger partial charge in [-0.25, -0.2) is 4.98 Å². The summed E-state index contributed by atoms with van der Waals surface area (Å²) in [5.41, 5.74) is 6.26. The van der Waals surface area contributed by atoms with Crippen LogP contribution in [-0.2, 0) is 6.42 Å². The number of rotatable bonds is 14. The van der Waals surface area contributed by atoms with Gasteiger partial charge in [0, 0.05) is 17.8 Å². The predicted octanol–water partition coefficient (Wildman–Crippen LogP) is 5.54. The number of aromatic nitrogens is 1. The molecule has 1 aromatic carbocycles. The van der Waals surface area contributed by atoms with Gasteiger partial charge in [-0.3, -0.25) is 4.79 Å². The number of nitrogens with two attached hydrogens (primary N) is 1. The molecule has 3 N–H and O–H groups in total. The number of benzene rings is 1. The van der Waals surface area contributed by atoms with Gasteiger partial charge in [-0.1, -0.05) is 44.6 Å². The largest absolute Gasteiger partial charge is 0.490 e. The Kier molecular flexibility index (Phi) is 13.2. The van der Waals surface area contributed by atoms with E-state index in [-0.39, 0.29) is 0 Å². The molecule has 182 valence electrons. The smallest absolute Gasteiger partial charge is 0.219 e. The van der Waals surface area contributed by atoms with Crippen molar-refractivity contribution in [3.05, 3.63) is 47.7 Å². The molecule has 0 atom stereocenters. The van der Waals surface area contributed by atoms with Crippen LogP contribution in [0.25, 0.3) is 0 Å². The van der Waals surface area contributed by atoms with Gasteiger partial charge in [-0.2, -0.15) is 0 Å². The average molecular weight is 456 g/mol. The van der Waals surface area contributed by atoms with Crippen LogP contribution in [0.15, 0.2) is 36.5 Å². The maximum absolute atomic E-state index is 10.8. The molecule has 33 heavy (non-hydrogen) atoms. The molecule has 0 aliphatic heterocycles. The summed E-state index contributed by atoms with van der Waals surface area (Å²) >= 11 is 0. The minimum absolute atomic E-state index is 0.441. The molecule has 6 nitrogen and oxygen atoms in total. The summed E-state index contributed by atoms with van der Waals surface area (Å²) in [6.45, 7) is 4.70. The Morgan fingerprint density at radius 2 is 1.85 bits per heavy atom. The van der Waals surface area contributed by atoms with Gasteiger partial charge in [-0.15, -0.1) is 0 Å². The molecule has 0 saturated heterocycles. The highest BCUT2D eigenvalue weighted by atomic mass is 16.5. The highest BCUT2D eigenvalue weighted by molar-refractivity contribution is 5.74. The van der Waals surface area contributed by atoms with E-state index in [0.29, 0.717) is 23.8 Å². The first kappa shape index (κ1) is 26.8. The van der Waals surface area contributed by atoms with E-state index in [9.17, 15) is 4.79 Å². The molecule has 3 rings (SSSR count). The minimum atomic E-state index is 0.441. The van der Waals surface area contributed by atoms with E-state index in [4.69, 9.17) is 9.47 Å². The van der Waals surface area contributed by atoms with Gasteiger partial charge in [-0.05, 0) is 76.0 Å². The van der Waals surface area contributed by atoms with E-state index in [1.54, 1.807) is 12.1 Å². The van der Waals surface area contributed by atoms with Gasteiger partial charge in [0.05, 0.1) is 6.61 Å². The molecule has 6 heteroatoms. The fraction of sp³-hybridized carbons (Fsp3) is 0.556. The molecule has 0 spiro atoms. The van der Waals surface area contributed by atoms with E-state index >= 15 is 0 Å². The first-order valence-corrected chi connectivity index (χ1v) is 12.4. The Balaban J connectivity index is 0.00000187. The van der Waals surface area contributed by atoms with Gasteiger partial charge in [0.15, 0.2) is 17.8 Å². The number of nitrogens with one attached hydrogen (secondary N) is 1. The van der Waals surface area contributed by atoms with E-state index in [1.165, 1.54) is 63.8 Å². The van der Waals surface area contributed by atoms with Crippen molar-refractivity contribution < 1.29 is 14.3 Å². The molecule has 0 bridgehead atoms. The quantitative estimate of drug-likeness (QED) is 0.287. The number of pyridine rings is 1. The SMILES string of the molecule is CCOc1cc(CCCNCCCCC2CCCC2)ccc1Oc1ccc(C=O)cn1.CN. The minimum Gasteiger partial charge on any atom is -0.490 e. The van der Waals surface area contributed by atoms with Crippen molar-refractivity contribution >= 4 is 6.29 Å². The topological polar surface area (TPSA) is 86.5 Å². The second-order valence-electron chi connectivity index (χ2n) is 8.36. The number of aldehydes is 1. The lowest BCUT2D eigenvalue weighted by atomic mass is 10.0. The Labute approximate surface area is 199 Å². The number of hydrogen-bond donors (Lipinski definition) is 2. The Morgan fingerprint density at radius 1 is 1.06 bits per heavy atom. The standard InChI is InChI=1S/C26H36N2O3.CH5N/c1-2-30-25-18-22(11-7-17-27-16-6-5-10-21-8-3-4-9-21)12-14-24(25)31-26-15-13-23(20-29)19-28-26;1-2/h12-15,18-21,27H,2-11,16-17H2,1H3;2H2,1H3. The Morgan fingerprint density at radius 3 is 2.55 bits per heavy atom. The zero-order valence-corrected chi connectivity index (χ0v) is 20.4.